The first-order chi connectivity index (χ1) is 10.1. The summed E-state index contributed by atoms with van der Waals surface area (Å²) in [5, 5.41) is 8.28. The van der Waals surface area contributed by atoms with Gasteiger partial charge in [-0.25, -0.2) is 0 Å². The van der Waals surface area contributed by atoms with Crippen molar-refractivity contribution in [3.8, 4) is 0 Å². The molecule has 2 fully saturated rings. The SMILES string of the molecule is Cc1nn(C2CCOC3(CCCC3)C2)cc1CNC(C)C. The van der Waals surface area contributed by atoms with Crippen molar-refractivity contribution in [2.45, 2.75) is 83.5 Å². The summed E-state index contributed by atoms with van der Waals surface area (Å²) in [5.74, 6) is 0. The molecule has 1 unspecified atom stereocenters. The Morgan fingerprint density at radius 2 is 2.19 bits per heavy atom. The summed E-state index contributed by atoms with van der Waals surface area (Å²) >= 11 is 0. The first kappa shape index (κ1) is 15.0. The summed E-state index contributed by atoms with van der Waals surface area (Å²) in [4.78, 5) is 0. The molecular formula is C17H29N3O. The minimum absolute atomic E-state index is 0.166. The van der Waals surface area contributed by atoms with Gasteiger partial charge in [0.05, 0.1) is 17.3 Å². The second kappa shape index (κ2) is 6.09. The third kappa shape index (κ3) is 3.32. The molecule has 1 saturated carbocycles. The monoisotopic (exact) mass is 291 g/mol. The molecule has 1 aromatic heterocycles. The van der Waals surface area contributed by atoms with Crippen molar-refractivity contribution >= 4 is 0 Å². The molecule has 1 spiro atoms. The van der Waals surface area contributed by atoms with Crippen molar-refractivity contribution in [2.24, 2.45) is 0 Å². The van der Waals surface area contributed by atoms with Crippen LogP contribution < -0.4 is 5.32 Å². The van der Waals surface area contributed by atoms with Crippen LogP contribution in [0.1, 0.15) is 69.7 Å². The summed E-state index contributed by atoms with van der Waals surface area (Å²) in [7, 11) is 0. The molecule has 1 atom stereocenters. The summed E-state index contributed by atoms with van der Waals surface area (Å²) in [6.45, 7) is 8.30. The highest BCUT2D eigenvalue weighted by Crippen LogP contribution is 2.43. The highest BCUT2D eigenvalue weighted by atomic mass is 16.5. The second-order valence-electron chi connectivity index (χ2n) is 7.14. The molecule has 1 aliphatic heterocycles. The first-order valence-corrected chi connectivity index (χ1v) is 8.50. The first-order valence-electron chi connectivity index (χ1n) is 8.50. The van der Waals surface area contributed by atoms with Gasteiger partial charge < -0.3 is 10.1 Å². The summed E-state index contributed by atoms with van der Waals surface area (Å²) in [5.41, 5.74) is 2.66. The molecule has 1 saturated heterocycles. The van der Waals surface area contributed by atoms with E-state index in [1.165, 1.54) is 31.2 Å². The molecule has 1 aliphatic carbocycles. The van der Waals surface area contributed by atoms with Gasteiger partial charge in [-0.2, -0.15) is 5.10 Å². The van der Waals surface area contributed by atoms with Crippen LogP contribution in [0, 0.1) is 6.92 Å². The summed E-state index contributed by atoms with van der Waals surface area (Å²) < 4.78 is 8.36. The van der Waals surface area contributed by atoms with Crippen LogP contribution in [0.15, 0.2) is 6.20 Å². The van der Waals surface area contributed by atoms with Crippen LogP contribution in [-0.2, 0) is 11.3 Å². The molecule has 3 rings (SSSR count). The molecule has 0 aromatic carbocycles. The van der Waals surface area contributed by atoms with E-state index in [1.807, 2.05) is 0 Å². The van der Waals surface area contributed by atoms with Crippen molar-refractivity contribution in [1.29, 1.82) is 0 Å². The third-order valence-corrected chi connectivity index (χ3v) is 5.07. The van der Waals surface area contributed by atoms with E-state index in [4.69, 9.17) is 9.84 Å². The summed E-state index contributed by atoms with van der Waals surface area (Å²) in [6, 6.07) is 1.03. The molecule has 21 heavy (non-hydrogen) atoms. The lowest BCUT2D eigenvalue weighted by Gasteiger charge is -2.38. The molecule has 1 aromatic rings. The standard InChI is InChI=1S/C17H29N3O/c1-13(2)18-11-15-12-20(19-14(15)3)16-6-9-21-17(10-16)7-4-5-8-17/h12-13,16,18H,4-11H2,1-3H3. The summed E-state index contributed by atoms with van der Waals surface area (Å²) in [6.07, 6.45) is 9.63. The molecule has 118 valence electrons. The Kier molecular flexibility index (Phi) is 4.36. The number of hydrogen-bond donors (Lipinski definition) is 1. The molecule has 0 amide bonds. The number of rotatable bonds is 4. The quantitative estimate of drug-likeness (QED) is 0.924. The maximum atomic E-state index is 6.14. The Morgan fingerprint density at radius 3 is 2.90 bits per heavy atom. The van der Waals surface area contributed by atoms with Crippen LogP contribution in [0.5, 0.6) is 0 Å². The zero-order valence-corrected chi connectivity index (χ0v) is 13.7. The van der Waals surface area contributed by atoms with Crippen molar-refractivity contribution < 1.29 is 4.74 Å². The van der Waals surface area contributed by atoms with Crippen LogP contribution in [0.2, 0.25) is 0 Å². The predicted molar refractivity (Wildman–Crippen MR) is 84.4 cm³/mol. The van der Waals surface area contributed by atoms with Gasteiger partial charge in [0, 0.05) is 31.0 Å². The van der Waals surface area contributed by atoms with E-state index in [-0.39, 0.29) is 5.60 Å². The van der Waals surface area contributed by atoms with E-state index < -0.39 is 0 Å². The van der Waals surface area contributed by atoms with Crippen LogP contribution in [0.4, 0.5) is 0 Å². The van der Waals surface area contributed by atoms with Crippen molar-refractivity contribution in [1.82, 2.24) is 15.1 Å². The van der Waals surface area contributed by atoms with E-state index in [1.54, 1.807) is 0 Å². The van der Waals surface area contributed by atoms with Gasteiger partial charge in [0.25, 0.3) is 0 Å². The van der Waals surface area contributed by atoms with Crippen LogP contribution >= 0.6 is 0 Å². The maximum Gasteiger partial charge on any atom is 0.0703 e. The number of aromatic nitrogens is 2. The number of nitrogens with zero attached hydrogens (tertiary/aromatic N) is 2. The third-order valence-electron chi connectivity index (χ3n) is 5.07. The van der Waals surface area contributed by atoms with E-state index >= 15 is 0 Å². The molecule has 4 heteroatoms. The van der Waals surface area contributed by atoms with Gasteiger partial charge in [0.1, 0.15) is 0 Å². The molecular weight excluding hydrogens is 262 g/mol. The fourth-order valence-electron chi connectivity index (χ4n) is 3.79. The van der Waals surface area contributed by atoms with Crippen molar-refractivity contribution in [3.05, 3.63) is 17.5 Å². The fourth-order valence-corrected chi connectivity index (χ4v) is 3.79. The van der Waals surface area contributed by atoms with E-state index in [9.17, 15) is 0 Å². The van der Waals surface area contributed by atoms with Crippen LogP contribution in [0.25, 0.3) is 0 Å². The number of nitrogens with one attached hydrogen (secondary N) is 1. The van der Waals surface area contributed by atoms with Gasteiger partial charge in [0.15, 0.2) is 0 Å². The normalized spacial score (nSPS) is 25.0. The molecule has 2 aliphatic rings. The lowest BCUT2D eigenvalue weighted by Crippen LogP contribution is -2.38. The van der Waals surface area contributed by atoms with Crippen LogP contribution in [-0.4, -0.2) is 28.0 Å². The van der Waals surface area contributed by atoms with E-state index in [0.29, 0.717) is 12.1 Å². The topological polar surface area (TPSA) is 39.1 Å². The molecule has 1 N–H and O–H groups in total. The molecule has 4 nitrogen and oxygen atoms in total. The highest BCUT2D eigenvalue weighted by Gasteiger charge is 2.40. The molecule has 0 radical (unpaired) electrons. The second-order valence-corrected chi connectivity index (χ2v) is 7.14. The molecule has 2 heterocycles. The smallest absolute Gasteiger partial charge is 0.0703 e. The Hall–Kier alpha value is -0.870. The zero-order chi connectivity index (χ0) is 14.9. The number of ether oxygens (including phenoxy) is 1. The average molecular weight is 291 g/mol. The largest absolute Gasteiger partial charge is 0.375 e. The van der Waals surface area contributed by atoms with Gasteiger partial charge >= 0.3 is 0 Å². The Balaban J connectivity index is 1.70. The van der Waals surface area contributed by atoms with Crippen LogP contribution in [0.3, 0.4) is 0 Å². The lowest BCUT2D eigenvalue weighted by atomic mass is 9.89. The minimum atomic E-state index is 0.166. The van der Waals surface area contributed by atoms with Gasteiger partial charge in [-0.15, -0.1) is 0 Å². The Morgan fingerprint density at radius 1 is 1.43 bits per heavy atom. The van der Waals surface area contributed by atoms with Gasteiger partial charge in [-0.05, 0) is 32.6 Å². The van der Waals surface area contributed by atoms with Gasteiger partial charge in [-0.1, -0.05) is 26.7 Å². The maximum absolute atomic E-state index is 6.14. The molecule has 0 bridgehead atoms. The lowest BCUT2D eigenvalue weighted by molar-refractivity contribution is -0.0910. The van der Waals surface area contributed by atoms with E-state index in [2.05, 4.69) is 37.0 Å². The highest BCUT2D eigenvalue weighted by molar-refractivity contribution is 5.16. The van der Waals surface area contributed by atoms with Gasteiger partial charge in [-0.3, -0.25) is 4.68 Å². The Labute approximate surface area is 128 Å². The zero-order valence-electron chi connectivity index (χ0n) is 13.7. The average Bonchev–Trinajstić information content (AvgIpc) is 3.04. The number of aryl methyl sites for hydroxylation is 1. The predicted octanol–water partition coefficient (Wildman–Crippen LogP) is 3.35. The Bertz CT molecular complexity index is 474. The van der Waals surface area contributed by atoms with E-state index in [0.717, 1.165) is 31.7 Å². The number of hydrogen-bond acceptors (Lipinski definition) is 3. The van der Waals surface area contributed by atoms with Gasteiger partial charge in [0.2, 0.25) is 0 Å². The fraction of sp³-hybridized carbons (Fsp3) is 0.824. The van der Waals surface area contributed by atoms with Crippen molar-refractivity contribution in [3.63, 3.8) is 0 Å². The van der Waals surface area contributed by atoms with Crippen molar-refractivity contribution in [2.75, 3.05) is 6.61 Å². The minimum Gasteiger partial charge on any atom is -0.375 e.